The van der Waals surface area contributed by atoms with Gasteiger partial charge < -0.3 is 15.6 Å². The van der Waals surface area contributed by atoms with Gasteiger partial charge in [0.2, 0.25) is 0 Å². The molecule has 0 aromatic carbocycles. The largest absolute Gasteiger partial charge is 0.384 e. The molecule has 0 aliphatic carbocycles. The quantitative estimate of drug-likeness (QED) is 0.491. The number of hydrogen-bond acceptors (Lipinski definition) is 7. The Labute approximate surface area is 182 Å². The lowest BCUT2D eigenvalue weighted by Crippen LogP contribution is -2.23. The molecule has 164 valence electrons. The van der Waals surface area contributed by atoms with E-state index >= 15 is 0 Å². The third kappa shape index (κ3) is 5.53. The van der Waals surface area contributed by atoms with Crippen LogP contribution >= 0.6 is 0 Å². The van der Waals surface area contributed by atoms with Crippen LogP contribution in [0.15, 0.2) is 58.1 Å². The standard InChI is InChI=1S/C23H30N6O2/c1-7-14(4)16(19(30)9-3)10-15(5)17(8-2)28-22-21(27-13-29(6)23(22)31)18-11-20(24)26-12-25-18/h8,10-13,28H,7,9H2,1-6H3,(H2,24,25,26)/b15-10-,16-14-,17-8+. The molecule has 31 heavy (non-hydrogen) atoms. The van der Waals surface area contributed by atoms with Gasteiger partial charge in [0.25, 0.3) is 5.56 Å². The number of anilines is 2. The molecule has 2 aromatic heterocycles. The van der Waals surface area contributed by atoms with Crippen molar-refractivity contribution >= 4 is 17.3 Å². The first-order valence-corrected chi connectivity index (χ1v) is 10.2. The first kappa shape index (κ1) is 23.7. The minimum atomic E-state index is -0.264. The van der Waals surface area contributed by atoms with Crippen molar-refractivity contribution in [3.63, 3.8) is 0 Å². The zero-order valence-corrected chi connectivity index (χ0v) is 19.0. The molecule has 2 heterocycles. The predicted octanol–water partition coefficient (Wildman–Crippen LogP) is 3.79. The van der Waals surface area contributed by atoms with Crippen LogP contribution in [0.3, 0.4) is 0 Å². The van der Waals surface area contributed by atoms with E-state index in [4.69, 9.17) is 5.73 Å². The van der Waals surface area contributed by atoms with Crippen LogP contribution < -0.4 is 16.6 Å². The topological polar surface area (TPSA) is 116 Å². The fraction of sp³-hybridized carbons (Fsp3) is 0.348. The van der Waals surface area contributed by atoms with E-state index in [1.54, 1.807) is 13.1 Å². The van der Waals surface area contributed by atoms with Crippen LogP contribution in [0.4, 0.5) is 11.5 Å². The lowest BCUT2D eigenvalue weighted by Gasteiger charge is -2.16. The molecule has 0 fully saturated rings. The first-order valence-electron chi connectivity index (χ1n) is 10.2. The molecule has 8 nitrogen and oxygen atoms in total. The second kappa shape index (κ2) is 10.5. The summed E-state index contributed by atoms with van der Waals surface area (Å²) in [6, 6.07) is 1.57. The molecule has 2 aromatic rings. The molecule has 0 unspecified atom stereocenters. The molecule has 0 aliphatic rings. The molecule has 0 spiro atoms. The van der Waals surface area contributed by atoms with Crippen molar-refractivity contribution in [1.82, 2.24) is 19.5 Å². The molecule has 0 radical (unpaired) electrons. The zero-order valence-electron chi connectivity index (χ0n) is 19.0. The fourth-order valence-corrected chi connectivity index (χ4v) is 3.00. The van der Waals surface area contributed by atoms with Crippen LogP contribution in [-0.2, 0) is 11.8 Å². The van der Waals surface area contributed by atoms with E-state index in [1.807, 2.05) is 46.8 Å². The van der Waals surface area contributed by atoms with Crippen LogP contribution in [0.5, 0.6) is 0 Å². The maximum absolute atomic E-state index is 12.9. The molecule has 0 saturated heterocycles. The molecule has 0 amide bonds. The Morgan fingerprint density at radius 3 is 2.48 bits per heavy atom. The Morgan fingerprint density at radius 1 is 1.19 bits per heavy atom. The number of rotatable bonds is 8. The Bertz CT molecular complexity index is 1130. The average molecular weight is 423 g/mol. The molecule has 3 N–H and O–H groups in total. The summed E-state index contributed by atoms with van der Waals surface area (Å²) >= 11 is 0. The van der Waals surface area contributed by atoms with Gasteiger partial charge in [0.05, 0.1) is 12.0 Å². The highest BCUT2D eigenvalue weighted by molar-refractivity contribution is 5.98. The van der Waals surface area contributed by atoms with Gasteiger partial charge in [-0.25, -0.2) is 15.0 Å². The maximum Gasteiger partial charge on any atom is 0.277 e. The van der Waals surface area contributed by atoms with E-state index in [1.165, 1.54) is 17.2 Å². The number of carbonyl (C=O) groups is 1. The van der Waals surface area contributed by atoms with E-state index in [9.17, 15) is 9.59 Å². The van der Waals surface area contributed by atoms with Gasteiger partial charge in [0.15, 0.2) is 5.78 Å². The maximum atomic E-state index is 12.9. The summed E-state index contributed by atoms with van der Waals surface area (Å²) in [5, 5.41) is 3.21. The molecule has 2 rings (SSSR count). The van der Waals surface area contributed by atoms with Crippen LogP contribution in [0.25, 0.3) is 11.4 Å². The van der Waals surface area contributed by atoms with Crippen LogP contribution in [0, 0.1) is 0 Å². The molecule has 0 aliphatic heterocycles. The molecule has 8 heteroatoms. The van der Waals surface area contributed by atoms with Crippen molar-refractivity contribution in [3.05, 3.63) is 63.6 Å². The lowest BCUT2D eigenvalue weighted by molar-refractivity contribution is -0.115. The van der Waals surface area contributed by atoms with E-state index in [0.29, 0.717) is 29.1 Å². The number of nitrogens with two attached hydrogens (primary N) is 1. The van der Waals surface area contributed by atoms with Crippen LogP contribution in [0.2, 0.25) is 0 Å². The predicted molar refractivity (Wildman–Crippen MR) is 124 cm³/mol. The van der Waals surface area contributed by atoms with Crippen molar-refractivity contribution < 1.29 is 4.79 Å². The number of Topliss-reactive ketones (excluding diaryl/α,β-unsaturated/α-hetero) is 1. The van der Waals surface area contributed by atoms with Crippen molar-refractivity contribution in [2.24, 2.45) is 7.05 Å². The monoisotopic (exact) mass is 422 g/mol. The van der Waals surface area contributed by atoms with Gasteiger partial charge in [-0.05, 0) is 38.8 Å². The second-order valence-electron chi connectivity index (χ2n) is 7.19. The summed E-state index contributed by atoms with van der Waals surface area (Å²) in [6.07, 6.45) is 7.70. The number of nitrogens with one attached hydrogen (secondary N) is 1. The number of aromatic nitrogens is 4. The summed E-state index contributed by atoms with van der Waals surface area (Å²) in [4.78, 5) is 37.9. The van der Waals surface area contributed by atoms with Crippen molar-refractivity contribution in [2.45, 2.75) is 47.5 Å². The zero-order chi connectivity index (χ0) is 23.1. The van der Waals surface area contributed by atoms with Gasteiger partial charge in [-0.3, -0.25) is 9.59 Å². The van der Waals surface area contributed by atoms with Crippen molar-refractivity contribution in [1.29, 1.82) is 0 Å². The Balaban J connectivity index is 2.57. The highest BCUT2D eigenvalue weighted by atomic mass is 16.1. The third-order valence-electron chi connectivity index (χ3n) is 5.01. The van der Waals surface area contributed by atoms with Crippen molar-refractivity contribution in [3.8, 4) is 11.4 Å². The Kier molecular flexibility index (Phi) is 8.01. The SMILES string of the molecule is C\C=C(Nc1c(-c2cc(N)ncn2)ncn(C)c1=O)/C(C)=C\C(C(=O)CC)=C(/C)CC. The number of nitrogen functional groups attached to an aromatic ring is 1. The Hall–Kier alpha value is -3.55. The smallest absolute Gasteiger partial charge is 0.277 e. The van der Waals surface area contributed by atoms with Crippen molar-refractivity contribution in [2.75, 3.05) is 11.1 Å². The van der Waals surface area contributed by atoms with Gasteiger partial charge in [0, 0.05) is 30.8 Å². The van der Waals surface area contributed by atoms with E-state index in [2.05, 4.69) is 20.3 Å². The van der Waals surface area contributed by atoms with E-state index < -0.39 is 0 Å². The van der Waals surface area contributed by atoms with Gasteiger partial charge in [-0.15, -0.1) is 0 Å². The van der Waals surface area contributed by atoms with Gasteiger partial charge in [-0.1, -0.05) is 25.5 Å². The summed E-state index contributed by atoms with van der Waals surface area (Å²) in [5.41, 5.74) is 9.84. The normalized spacial score (nSPS) is 13.1. The van der Waals surface area contributed by atoms with Gasteiger partial charge in [-0.2, -0.15) is 0 Å². The first-order chi connectivity index (χ1) is 14.7. The second-order valence-corrected chi connectivity index (χ2v) is 7.19. The molecule has 0 atom stereocenters. The van der Waals surface area contributed by atoms with Crippen LogP contribution in [0.1, 0.15) is 47.5 Å². The molecular formula is C23H30N6O2. The number of hydrogen-bond donors (Lipinski definition) is 2. The van der Waals surface area contributed by atoms with E-state index in [-0.39, 0.29) is 22.8 Å². The lowest BCUT2D eigenvalue weighted by atomic mass is 9.98. The minimum Gasteiger partial charge on any atom is -0.384 e. The number of nitrogens with zero attached hydrogens (tertiary/aromatic N) is 4. The molecular weight excluding hydrogens is 392 g/mol. The average Bonchev–Trinajstić information content (AvgIpc) is 2.77. The summed E-state index contributed by atoms with van der Waals surface area (Å²) < 4.78 is 1.38. The molecule has 0 bridgehead atoms. The number of aryl methyl sites for hydroxylation is 1. The highest BCUT2D eigenvalue weighted by Crippen LogP contribution is 2.25. The summed E-state index contributed by atoms with van der Waals surface area (Å²) in [6.45, 7) is 9.60. The van der Waals surface area contributed by atoms with Gasteiger partial charge >= 0.3 is 0 Å². The van der Waals surface area contributed by atoms with Crippen LogP contribution in [-0.4, -0.2) is 25.3 Å². The summed E-state index contributed by atoms with van der Waals surface area (Å²) in [5.74, 6) is 0.368. The van der Waals surface area contributed by atoms with Gasteiger partial charge in [0.1, 0.15) is 23.5 Å². The number of ketones is 1. The molecule has 0 saturated carbocycles. The summed E-state index contributed by atoms with van der Waals surface area (Å²) in [7, 11) is 1.63. The third-order valence-corrected chi connectivity index (χ3v) is 5.01. The Morgan fingerprint density at radius 2 is 1.90 bits per heavy atom. The highest BCUT2D eigenvalue weighted by Gasteiger charge is 2.17. The number of allylic oxidation sites excluding steroid dienone is 5. The fourth-order valence-electron chi connectivity index (χ4n) is 3.00. The minimum absolute atomic E-state index is 0.0867. The number of carbonyl (C=O) groups excluding carboxylic acids is 1. The van der Waals surface area contributed by atoms with E-state index in [0.717, 1.165) is 17.6 Å².